The Hall–Kier alpha value is -19.1. The Labute approximate surface area is 833 Å². The zero-order chi connectivity index (χ0) is 95.1. The second-order valence-corrected chi connectivity index (χ2v) is 37.4. The van der Waals surface area contributed by atoms with Gasteiger partial charge in [-0.1, -0.05) is 346 Å². The van der Waals surface area contributed by atoms with E-state index in [0.29, 0.717) is 0 Å². The maximum absolute atomic E-state index is 2.43. The van der Waals surface area contributed by atoms with E-state index in [4.69, 9.17) is 0 Å². The molecule has 0 radical (unpaired) electrons. The second-order valence-electron chi connectivity index (χ2n) is 37.4. The average molecular weight is 1830 g/mol. The van der Waals surface area contributed by atoms with Crippen LogP contribution in [0.25, 0.3) is 254 Å². The van der Waals surface area contributed by atoms with Crippen molar-refractivity contribution in [1.82, 2.24) is 27.4 Å². The van der Waals surface area contributed by atoms with Crippen molar-refractivity contribution < 1.29 is 0 Å². The summed E-state index contributed by atoms with van der Waals surface area (Å²) in [6, 6.07) is 202. The summed E-state index contributed by atoms with van der Waals surface area (Å²) >= 11 is 0. The van der Waals surface area contributed by atoms with E-state index in [0.717, 1.165) is 11.4 Å². The molecular formula is C138H92N6. The minimum Gasteiger partial charge on any atom is -0.309 e. The summed E-state index contributed by atoms with van der Waals surface area (Å²) in [5.74, 6) is 0. The molecule has 0 fully saturated rings. The zero-order valence-corrected chi connectivity index (χ0v) is 78.8. The molecule has 0 spiro atoms. The Balaban J connectivity index is 0.000000111. The predicted molar refractivity (Wildman–Crippen MR) is 609 cm³/mol. The van der Waals surface area contributed by atoms with Gasteiger partial charge in [0.2, 0.25) is 0 Å². The van der Waals surface area contributed by atoms with Crippen molar-refractivity contribution in [1.29, 1.82) is 0 Å². The fraction of sp³-hybridized carbons (Fsp3) is 0. The summed E-state index contributed by atoms with van der Waals surface area (Å²) in [7, 11) is 0. The second kappa shape index (κ2) is 35.7. The van der Waals surface area contributed by atoms with Gasteiger partial charge in [-0.25, -0.2) is 0 Å². The molecule has 0 amide bonds. The highest BCUT2D eigenvalue weighted by atomic mass is 15.0. The Morgan fingerprint density at radius 3 is 0.451 bits per heavy atom. The Bertz CT molecular complexity index is 9750. The fourth-order valence-corrected chi connectivity index (χ4v) is 22.4. The number of benzene rings is 23. The zero-order valence-electron chi connectivity index (χ0n) is 78.8. The van der Waals surface area contributed by atoms with E-state index in [9.17, 15) is 0 Å². The Morgan fingerprint density at radius 1 is 0.0764 bits per heavy atom. The molecule has 0 aliphatic carbocycles. The van der Waals surface area contributed by atoms with Crippen molar-refractivity contribution in [2.75, 3.05) is 0 Å². The van der Waals surface area contributed by atoms with Gasteiger partial charge in [0.15, 0.2) is 0 Å². The number of hydrogen-bond acceptors (Lipinski definition) is 0. The minimum absolute atomic E-state index is 1.14. The first-order valence-electron chi connectivity index (χ1n) is 49.5. The van der Waals surface area contributed by atoms with E-state index in [1.54, 1.807) is 0 Å². The molecule has 6 heteroatoms. The first-order chi connectivity index (χ1) is 71.4. The molecular weight excluding hydrogens is 1740 g/mol. The standard InChI is InChI=1S/C60H40N2.C42H28N2.C36H24N2/c1-5-16-41(17-6-1)45-28-31-59-55(38-45)56-40-47(30-33-60(56)61(59)51-23-11-4-12-24-51)46-29-32-58-54(39-46)53-26-13-14-27-57(53)62(58)52-25-15-22-44(37-52)50-35-48(42-18-7-2-8-19-42)34-49(36-50)43-20-9-3-10-21-43;1-4-12-29(13-5-1)30-20-23-41-37(26-30)38-28-32(22-25-42(38)44(41)34-16-8-3-9-17-34)31-21-24-40-36(27-31)35-18-10-11-19-39(35)43(40)33-14-6-2-7-15-33;1-3-11-27(12-4-1)37-33-17-9-7-15-29(33)31-23-25(19-21-35(31)37)26-20-22-36-32(24-26)30-16-8-10-18-34(30)38(36)28-13-5-2-6-14-28/h1-40H;1-28H;1-24H. The number of nitrogens with zero attached hydrogens (tertiary/aromatic N) is 6. The van der Waals surface area contributed by atoms with Crippen LogP contribution in [0.2, 0.25) is 0 Å². The van der Waals surface area contributed by atoms with E-state index in [2.05, 4.69) is 586 Å². The first-order valence-corrected chi connectivity index (χ1v) is 49.5. The largest absolute Gasteiger partial charge is 0.309 e. The van der Waals surface area contributed by atoms with Crippen LogP contribution in [0.4, 0.5) is 0 Å². The summed E-state index contributed by atoms with van der Waals surface area (Å²) in [4.78, 5) is 0. The molecule has 0 atom stereocenters. The molecule has 0 saturated carbocycles. The third-order valence-electron chi connectivity index (χ3n) is 29.1. The first kappa shape index (κ1) is 84.2. The SMILES string of the molecule is c1ccc(-c2cc(-c3ccccc3)cc(-c3cccc(-n4c5ccccc5c5cc(-c6ccc7c(c6)c6cc(-c8ccccc8)ccc6n7-c6ccccc6)ccc54)c3)c2)cc1.c1ccc(-c2ccc3c(c2)c2cc(-c4ccc5c(c4)c4ccccc4n5-c4ccccc4)ccc2n3-c2ccccc2)cc1.c1ccc(-n2c3ccccc3c3cc(-c4ccc5c(c4)c4ccccc4n5-c4ccccc4)ccc32)cc1. The molecule has 674 valence electrons. The van der Waals surface area contributed by atoms with Crippen LogP contribution in [0.3, 0.4) is 0 Å². The van der Waals surface area contributed by atoms with Crippen molar-refractivity contribution in [3.05, 3.63) is 558 Å². The molecule has 0 N–H and O–H groups in total. The van der Waals surface area contributed by atoms with Gasteiger partial charge in [0.25, 0.3) is 0 Å². The lowest BCUT2D eigenvalue weighted by molar-refractivity contribution is 1.18. The van der Waals surface area contributed by atoms with Gasteiger partial charge in [-0.2, -0.15) is 0 Å². The van der Waals surface area contributed by atoms with E-state index in [1.807, 2.05) is 0 Å². The number of para-hydroxylation sites is 9. The van der Waals surface area contributed by atoms with Crippen LogP contribution in [-0.2, 0) is 0 Å². The molecule has 6 nitrogen and oxygen atoms in total. The van der Waals surface area contributed by atoms with Crippen LogP contribution in [0, 0.1) is 0 Å². The lowest BCUT2D eigenvalue weighted by atomic mass is 9.93. The van der Waals surface area contributed by atoms with Crippen LogP contribution in [-0.4, -0.2) is 27.4 Å². The van der Waals surface area contributed by atoms with Gasteiger partial charge in [0.1, 0.15) is 0 Å². The molecule has 6 aromatic heterocycles. The van der Waals surface area contributed by atoms with E-state index in [-0.39, 0.29) is 0 Å². The summed E-state index contributed by atoms with van der Waals surface area (Å²) in [5, 5.41) is 15.1. The molecule has 0 unspecified atom stereocenters. The molecule has 6 heterocycles. The van der Waals surface area contributed by atoms with Gasteiger partial charge in [-0.05, 0) is 301 Å². The van der Waals surface area contributed by atoms with Crippen molar-refractivity contribution >= 4 is 131 Å². The topological polar surface area (TPSA) is 29.6 Å². The molecule has 0 aliphatic heterocycles. The van der Waals surface area contributed by atoms with Gasteiger partial charge < -0.3 is 27.4 Å². The molecule has 29 aromatic rings. The molecule has 0 saturated heterocycles. The number of fused-ring (bicyclic) bond motifs is 18. The minimum atomic E-state index is 1.14. The third-order valence-corrected chi connectivity index (χ3v) is 29.1. The van der Waals surface area contributed by atoms with Crippen LogP contribution in [0.1, 0.15) is 0 Å². The number of rotatable bonds is 14. The molecule has 144 heavy (non-hydrogen) atoms. The maximum Gasteiger partial charge on any atom is 0.0541 e. The lowest BCUT2D eigenvalue weighted by Gasteiger charge is -2.14. The fourth-order valence-electron chi connectivity index (χ4n) is 22.4. The maximum atomic E-state index is 2.43. The van der Waals surface area contributed by atoms with Crippen LogP contribution in [0.15, 0.2) is 558 Å². The van der Waals surface area contributed by atoms with Gasteiger partial charge in [0, 0.05) is 98.8 Å². The molecule has 0 bridgehead atoms. The van der Waals surface area contributed by atoms with Crippen molar-refractivity contribution in [2.45, 2.75) is 0 Å². The summed E-state index contributed by atoms with van der Waals surface area (Å²) in [6.45, 7) is 0. The summed E-state index contributed by atoms with van der Waals surface area (Å²) in [5.41, 5.74) is 40.9. The molecule has 29 rings (SSSR count). The van der Waals surface area contributed by atoms with Crippen molar-refractivity contribution in [3.8, 4) is 123 Å². The molecule has 23 aromatic carbocycles. The highest BCUT2D eigenvalue weighted by Gasteiger charge is 2.24. The Morgan fingerprint density at radius 2 is 0.222 bits per heavy atom. The average Bonchev–Trinajstić information content (AvgIpc) is 1.59. The van der Waals surface area contributed by atoms with Crippen LogP contribution in [0.5, 0.6) is 0 Å². The van der Waals surface area contributed by atoms with E-state index < -0.39 is 0 Å². The lowest BCUT2D eigenvalue weighted by Crippen LogP contribution is -1.94. The smallest absolute Gasteiger partial charge is 0.0541 e. The van der Waals surface area contributed by atoms with E-state index in [1.165, 1.54) is 243 Å². The predicted octanol–water partition coefficient (Wildman–Crippen LogP) is 37.0. The normalized spacial score (nSPS) is 11.6. The monoisotopic (exact) mass is 1830 g/mol. The summed E-state index contributed by atoms with van der Waals surface area (Å²) in [6.07, 6.45) is 0. The molecule has 0 aliphatic rings. The number of hydrogen-bond donors (Lipinski definition) is 0. The highest BCUT2D eigenvalue weighted by molar-refractivity contribution is 6.18. The Kier molecular flexibility index (Phi) is 20.9. The highest BCUT2D eigenvalue weighted by Crippen LogP contribution is 2.47. The van der Waals surface area contributed by atoms with Gasteiger partial charge in [-0.3, -0.25) is 0 Å². The van der Waals surface area contributed by atoms with E-state index >= 15 is 0 Å². The quantitative estimate of drug-likeness (QED) is 0.104. The third kappa shape index (κ3) is 14.8. The van der Waals surface area contributed by atoms with Crippen molar-refractivity contribution in [2.24, 2.45) is 0 Å². The number of aromatic nitrogens is 6. The van der Waals surface area contributed by atoms with Crippen LogP contribution < -0.4 is 0 Å². The van der Waals surface area contributed by atoms with Gasteiger partial charge in [0.05, 0.1) is 66.2 Å². The van der Waals surface area contributed by atoms with Crippen molar-refractivity contribution in [3.63, 3.8) is 0 Å². The van der Waals surface area contributed by atoms with Gasteiger partial charge >= 0.3 is 0 Å². The van der Waals surface area contributed by atoms with Crippen LogP contribution >= 0.6 is 0 Å². The summed E-state index contributed by atoms with van der Waals surface area (Å²) < 4.78 is 14.3. The van der Waals surface area contributed by atoms with Gasteiger partial charge in [-0.15, -0.1) is 0 Å².